The number of nitrogens with zero attached hydrogens (tertiary/aromatic N) is 2. The molecule has 1 aliphatic rings. The molecule has 0 aromatic carbocycles. The van der Waals surface area contributed by atoms with Crippen LogP contribution in [0, 0.1) is 0 Å². The van der Waals surface area contributed by atoms with Crippen molar-refractivity contribution in [3.05, 3.63) is 12.4 Å². The third kappa shape index (κ3) is 16.4. The highest BCUT2D eigenvalue weighted by Gasteiger charge is 2.23. The van der Waals surface area contributed by atoms with Gasteiger partial charge in [-0.3, -0.25) is 0 Å². The zero-order chi connectivity index (χ0) is 22.4. The molecule has 1 rings (SSSR count). The molecule has 0 aliphatic carbocycles. The summed E-state index contributed by atoms with van der Waals surface area (Å²) in [6.07, 6.45) is 35.3. The number of halogens is 1. The second kappa shape index (κ2) is 24.0. The lowest BCUT2D eigenvalue weighted by Gasteiger charge is -2.32. The number of hydrogen-bond donors (Lipinski definition) is 0. The first-order valence-corrected chi connectivity index (χ1v) is 14.5. The molecule has 1 aliphatic heterocycles. The molecule has 0 aromatic heterocycles. The SMILES string of the molecule is CCCCCCCCCCCCCCCCN1C=CN(CC)C1CCCCCCCC.[Br-]. The fourth-order valence-electron chi connectivity index (χ4n) is 5.03. The molecule has 0 spiro atoms. The van der Waals surface area contributed by atoms with E-state index in [1.165, 1.54) is 141 Å². The first-order chi connectivity index (χ1) is 15.3. The second-order valence-corrected chi connectivity index (χ2v) is 10.00. The quantitative estimate of drug-likeness (QED) is 0.141. The van der Waals surface area contributed by atoms with Crippen LogP contribution in [-0.4, -0.2) is 29.1 Å². The first kappa shape index (κ1) is 31.8. The monoisotopic (exact) mass is 513 g/mol. The van der Waals surface area contributed by atoms with Crippen molar-refractivity contribution in [2.45, 2.75) is 162 Å². The third-order valence-corrected chi connectivity index (χ3v) is 7.17. The van der Waals surface area contributed by atoms with Crippen LogP contribution in [0.2, 0.25) is 0 Å². The summed E-state index contributed by atoms with van der Waals surface area (Å²) in [6.45, 7) is 9.31. The summed E-state index contributed by atoms with van der Waals surface area (Å²) in [4.78, 5) is 5.19. The summed E-state index contributed by atoms with van der Waals surface area (Å²) in [6, 6.07) is 0. The van der Waals surface area contributed by atoms with E-state index in [1.807, 2.05) is 0 Å². The highest BCUT2D eigenvalue weighted by molar-refractivity contribution is 4.96. The van der Waals surface area contributed by atoms with E-state index in [2.05, 4.69) is 43.0 Å². The van der Waals surface area contributed by atoms with Gasteiger partial charge in [-0.1, -0.05) is 129 Å². The predicted molar refractivity (Wildman–Crippen MR) is 140 cm³/mol. The Morgan fingerprint density at radius 2 is 0.844 bits per heavy atom. The molecule has 0 saturated heterocycles. The molecule has 2 nitrogen and oxygen atoms in total. The van der Waals surface area contributed by atoms with Gasteiger partial charge < -0.3 is 26.8 Å². The van der Waals surface area contributed by atoms with Gasteiger partial charge in [0.1, 0.15) is 6.17 Å². The van der Waals surface area contributed by atoms with E-state index in [9.17, 15) is 0 Å². The van der Waals surface area contributed by atoms with Gasteiger partial charge in [-0.25, -0.2) is 0 Å². The Kier molecular flexibility index (Phi) is 23.8. The van der Waals surface area contributed by atoms with Crippen LogP contribution in [0.25, 0.3) is 0 Å². The van der Waals surface area contributed by atoms with Gasteiger partial charge in [0.25, 0.3) is 0 Å². The van der Waals surface area contributed by atoms with E-state index in [1.54, 1.807) is 0 Å². The molecule has 3 heteroatoms. The van der Waals surface area contributed by atoms with E-state index in [0.29, 0.717) is 6.17 Å². The van der Waals surface area contributed by atoms with Crippen LogP contribution in [0.4, 0.5) is 0 Å². The standard InChI is InChI=1S/C29H58N2.BrH/c1-4-7-9-11-13-14-15-16-17-18-19-20-22-24-26-31-28-27-30(6-3)29(31)25-23-21-12-10-8-5-2;/h27-29H,4-26H2,1-3H3;1H/p-1. The van der Waals surface area contributed by atoms with Crippen molar-refractivity contribution in [2.24, 2.45) is 0 Å². The molecule has 0 aromatic rings. The molecular weight excluding hydrogens is 456 g/mol. The van der Waals surface area contributed by atoms with Crippen molar-refractivity contribution in [1.82, 2.24) is 9.80 Å². The average Bonchev–Trinajstić information content (AvgIpc) is 3.18. The smallest absolute Gasteiger partial charge is 0.101 e. The lowest BCUT2D eigenvalue weighted by Crippen LogP contribution is -3.00. The Labute approximate surface area is 213 Å². The van der Waals surface area contributed by atoms with Crippen LogP contribution in [0.15, 0.2) is 12.4 Å². The first-order valence-electron chi connectivity index (χ1n) is 14.5. The summed E-state index contributed by atoms with van der Waals surface area (Å²) in [7, 11) is 0. The van der Waals surface area contributed by atoms with Crippen molar-refractivity contribution in [3.63, 3.8) is 0 Å². The molecule has 192 valence electrons. The van der Waals surface area contributed by atoms with E-state index >= 15 is 0 Å². The molecule has 0 saturated carbocycles. The number of unbranched alkanes of at least 4 members (excludes halogenated alkanes) is 18. The maximum absolute atomic E-state index is 2.63. The van der Waals surface area contributed by atoms with Gasteiger partial charge in [-0.15, -0.1) is 0 Å². The average molecular weight is 515 g/mol. The molecule has 1 unspecified atom stereocenters. The van der Waals surface area contributed by atoms with Crippen molar-refractivity contribution >= 4 is 0 Å². The molecule has 1 atom stereocenters. The largest absolute Gasteiger partial charge is 1.00 e. The predicted octanol–water partition coefficient (Wildman–Crippen LogP) is 6.66. The maximum atomic E-state index is 2.63. The zero-order valence-corrected chi connectivity index (χ0v) is 23.9. The number of hydrogen-bond acceptors (Lipinski definition) is 2. The van der Waals surface area contributed by atoms with Gasteiger partial charge >= 0.3 is 0 Å². The van der Waals surface area contributed by atoms with Gasteiger partial charge in [-0.05, 0) is 26.2 Å². The van der Waals surface area contributed by atoms with Crippen LogP contribution >= 0.6 is 0 Å². The lowest BCUT2D eigenvalue weighted by molar-refractivity contribution is -0.00000704. The molecule has 0 N–H and O–H groups in total. The van der Waals surface area contributed by atoms with Crippen molar-refractivity contribution < 1.29 is 17.0 Å². The fourth-order valence-corrected chi connectivity index (χ4v) is 5.03. The van der Waals surface area contributed by atoms with E-state index in [0.717, 1.165) is 6.54 Å². The fraction of sp³-hybridized carbons (Fsp3) is 0.931. The Hall–Kier alpha value is -0.180. The Balaban J connectivity index is 0.00000961. The van der Waals surface area contributed by atoms with Crippen LogP contribution in [0.3, 0.4) is 0 Å². The normalized spacial score (nSPS) is 15.5. The minimum atomic E-state index is 0. The highest BCUT2D eigenvalue weighted by atomic mass is 79.9. The molecule has 0 radical (unpaired) electrons. The molecule has 0 amide bonds. The molecule has 32 heavy (non-hydrogen) atoms. The van der Waals surface area contributed by atoms with Crippen LogP contribution < -0.4 is 17.0 Å². The van der Waals surface area contributed by atoms with Gasteiger partial charge in [0.2, 0.25) is 0 Å². The van der Waals surface area contributed by atoms with E-state index in [4.69, 9.17) is 0 Å². The lowest BCUT2D eigenvalue weighted by atomic mass is 10.0. The van der Waals surface area contributed by atoms with Gasteiger partial charge in [0.15, 0.2) is 0 Å². The highest BCUT2D eigenvalue weighted by Crippen LogP contribution is 2.22. The molecule has 1 heterocycles. The summed E-state index contributed by atoms with van der Waals surface area (Å²) in [5, 5.41) is 0. The summed E-state index contributed by atoms with van der Waals surface area (Å²) < 4.78 is 0. The van der Waals surface area contributed by atoms with Gasteiger partial charge in [0, 0.05) is 25.5 Å². The van der Waals surface area contributed by atoms with Crippen LogP contribution in [-0.2, 0) is 0 Å². The van der Waals surface area contributed by atoms with Crippen molar-refractivity contribution in [2.75, 3.05) is 13.1 Å². The molecule has 0 fully saturated rings. The van der Waals surface area contributed by atoms with Crippen LogP contribution in [0.1, 0.15) is 156 Å². The van der Waals surface area contributed by atoms with Crippen LogP contribution in [0.5, 0.6) is 0 Å². The van der Waals surface area contributed by atoms with Gasteiger partial charge in [-0.2, -0.15) is 0 Å². The molecule has 0 bridgehead atoms. The number of rotatable bonds is 23. The Morgan fingerprint density at radius 3 is 1.28 bits per heavy atom. The van der Waals surface area contributed by atoms with Gasteiger partial charge in [0.05, 0.1) is 0 Å². The minimum absolute atomic E-state index is 0. The summed E-state index contributed by atoms with van der Waals surface area (Å²) in [5.41, 5.74) is 0. The third-order valence-electron chi connectivity index (χ3n) is 7.17. The zero-order valence-electron chi connectivity index (χ0n) is 22.3. The maximum Gasteiger partial charge on any atom is 0.101 e. The van der Waals surface area contributed by atoms with Crippen molar-refractivity contribution in [3.8, 4) is 0 Å². The summed E-state index contributed by atoms with van der Waals surface area (Å²) >= 11 is 0. The van der Waals surface area contributed by atoms with Crippen molar-refractivity contribution in [1.29, 1.82) is 0 Å². The molecular formula is C29H58BrN2-. The Morgan fingerprint density at radius 1 is 0.469 bits per heavy atom. The summed E-state index contributed by atoms with van der Waals surface area (Å²) in [5.74, 6) is 0. The van der Waals surface area contributed by atoms with E-state index in [-0.39, 0.29) is 17.0 Å². The topological polar surface area (TPSA) is 6.48 Å². The Bertz CT molecular complexity index is 399. The minimum Gasteiger partial charge on any atom is -1.00 e. The second-order valence-electron chi connectivity index (χ2n) is 10.00. The van der Waals surface area contributed by atoms with E-state index < -0.39 is 0 Å².